The Morgan fingerprint density at radius 2 is 1.10 bits per heavy atom. The number of nitrogens with zero attached hydrogens (tertiary/aromatic N) is 8. The average molecular weight is 1310 g/mol. The average Bonchev–Trinajstić information content (AvgIpc) is 1.63. The Hall–Kier alpha value is -6.47. The summed E-state index contributed by atoms with van der Waals surface area (Å²) in [5, 5.41) is 33.0. The first-order chi connectivity index (χ1) is 43.2. The molecule has 6 unspecified atom stereocenters. The van der Waals surface area contributed by atoms with Gasteiger partial charge in [0.05, 0.1) is 37.7 Å². The van der Waals surface area contributed by atoms with Crippen molar-refractivity contribution in [2.75, 3.05) is 63.0 Å². The van der Waals surface area contributed by atoms with Gasteiger partial charge in [0, 0.05) is 42.3 Å². The maximum absolute atomic E-state index is 15.4. The maximum atomic E-state index is 15.4. The van der Waals surface area contributed by atoms with Gasteiger partial charge in [-0.05, 0) is 114 Å². The molecule has 3 aliphatic rings. The van der Waals surface area contributed by atoms with Gasteiger partial charge in [-0.1, -0.05) is 114 Å². The third-order valence-electron chi connectivity index (χ3n) is 18.6. The molecule has 5 N–H and O–H groups in total. The summed E-state index contributed by atoms with van der Waals surface area (Å²) < 4.78 is 4.97. The molecule has 10 amide bonds. The fraction of sp³-hybridized carbons (Fsp3) is 0.779. The molecule has 14 atom stereocenters. The SMILES string of the molecule is CC[C@H]1C(=O)N(C)CC(=O)N(C)C(CC(C)C)C(=O)NC(C(C)C)C(=O)N(C)[C@@H](CC(C)C)C(=O)NC(C)C(=O)N[C@H](C)[C@H](O)N(C)C(CC(C)C)C(=O)N(C)C(CC(C)C)C(=O)N(C)[C@@H](C(C)C)C(=O)N(C)[C@H]2C(=O)N1C(C/C=C/C1=CC[C@H](C(=O)OC)CC1)[C@H]2O. The highest BCUT2D eigenvalue weighted by Crippen LogP contribution is 2.33. The van der Waals surface area contributed by atoms with E-state index in [1.54, 1.807) is 47.6 Å². The van der Waals surface area contributed by atoms with Gasteiger partial charge >= 0.3 is 5.97 Å². The number of aliphatic hydroxyl groups excluding tert-OH is 2. The monoisotopic (exact) mass is 1310 g/mol. The molecule has 2 saturated heterocycles. The van der Waals surface area contributed by atoms with Gasteiger partial charge in [0.25, 0.3) is 0 Å². The molecule has 0 aromatic rings. The minimum atomic E-state index is -1.60. The highest BCUT2D eigenvalue weighted by Gasteiger charge is 2.55. The number of ether oxygens (including phenoxy) is 1. The standard InChI is InChI=1S/C68H117N11O14/c1-24-47-62(86)72(16)36-53(80)73(17)49(32-37(2)3)60(84)71-54(41(10)11)65(89)74(18)50(33-38(4)5)59(83)69-43(14)58(82)70-44(15)61(85)75(19)51(34-39(6)7)63(87)76(20)52(35-40(8)9)64(88)77(21)55(42(12)13)66(90)78(22)56-57(81)48(79(47)67(56)91)27-25-26-45-28-30-46(31-29-45)68(92)93-23/h25-26,28,37-44,46-52,54-57,61,81,85H,24,27,29-36H2,1-23H3,(H,69,83)(H,70,82)(H,71,84)/b26-25+/t43?,44-,46+,47+,48?,49?,50+,51?,52?,54?,55+,56-,57-,61+/m1/s1. The third-order valence-corrected chi connectivity index (χ3v) is 18.6. The van der Waals surface area contributed by atoms with Crippen LogP contribution in [0.5, 0.6) is 0 Å². The summed E-state index contributed by atoms with van der Waals surface area (Å²) in [5.74, 6) is -8.83. The number of hydrogen-bond donors (Lipinski definition) is 5. The first kappa shape index (κ1) is 80.8. The number of nitrogens with one attached hydrogen (secondary N) is 3. The number of likely N-dealkylation sites (N-methyl/N-ethyl adjacent to an activating group) is 7. The molecule has 2 heterocycles. The molecule has 2 aliphatic heterocycles. The first-order valence-corrected chi connectivity index (χ1v) is 33.5. The lowest BCUT2D eigenvalue weighted by molar-refractivity contribution is -0.157. The van der Waals surface area contributed by atoms with Crippen molar-refractivity contribution >= 4 is 65.0 Å². The van der Waals surface area contributed by atoms with Crippen molar-refractivity contribution in [2.24, 2.45) is 41.4 Å². The summed E-state index contributed by atoms with van der Waals surface area (Å²) in [6, 6.07) is -13.2. The molecule has 0 radical (unpaired) electrons. The molecule has 528 valence electrons. The number of methoxy groups -OCH3 is 1. The molecule has 25 nitrogen and oxygen atoms in total. The fourth-order valence-corrected chi connectivity index (χ4v) is 12.9. The normalized spacial score (nSPS) is 29.7. The van der Waals surface area contributed by atoms with Gasteiger partial charge in [-0.25, -0.2) is 0 Å². The molecular formula is C68H117N11O14. The Morgan fingerprint density at radius 3 is 1.59 bits per heavy atom. The number of carbonyl (C=O) groups is 11. The number of allylic oxidation sites excluding steroid dienone is 3. The van der Waals surface area contributed by atoms with E-state index < -0.39 is 156 Å². The van der Waals surface area contributed by atoms with Gasteiger partial charge in [-0.15, -0.1) is 0 Å². The zero-order chi connectivity index (χ0) is 71.1. The van der Waals surface area contributed by atoms with Crippen molar-refractivity contribution in [2.45, 2.75) is 240 Å². The van der Waals surface area contributed by atoms with Crippen LogP contribution in [-0.2, 0) is 57.5 Å². The summed E-state index contributed by atoms with van der Waals surface area (Å²) in [6.07, 6.45) is 4.66. The van der Waals surface area contributed by atoms with Crippen LogP contribution in [0.15, 0.2) is 23.8 Å². The quantitative estimate of drug-likeness (QED) is 0.147. The number of fused-ring (bicyclic) bond motifs is 2. The van der Waals surface area contributed by atoms with E-state index in [1.165, 1.54) is 92.8 Å². The third kappa shape index (κ3) is 20.8. The highest BCUT2D eigenvalue weighted by atomic mass is 16.5. The van der Waals surface area contributed by atoms with Crippen LogP contribution in [0.1, 0.15) is 162 Å². The number of rotatable bonds is 15. The van der Waals surface area contributed by atoms with E-state index in [1.807, 2.05) is 67.5 Å². The van der Waals surface area contributed by atoms with Crippen molar-refractivity contribution in [3.63, 3.8) is 0 Å². The Labute approximate surface area is 554 Å². The topological polar surface area (TPSA) is 299 Å². The van der Waals surface area contributed by atoms with Gasteiger partial charge in [-0.2, -0.15) is 0 Å². The van der Waals surface area contributed by atoms with Crippen LogP contribution in [0.25, 0.3) is 0 Å². The smallest absolute Gasteiger partial charge is 0.308 e. The van der Waals surface area contributed by atoms with Crippen molar-refractivity contribution in [1.82, 2.24) is 55.1 Å². The fourth-order valence-electron chi connectivity index (χ4n) is 12.9. The predicted molar refractivity (Wildman–Crippen MR) is 355 cm³/mol. The van der Waals surface area contributed by atoms with E-state index in [0.717, 1.165) is 15.4 Å². The van der Waals surface area contributed by atoms with Crippen molar-refractivity contribution in [1.29, 1.82) is 0 Å². The summed E-state index contributed by atoms with van der Waals surface area (Å²) in [7, 11) is 11.5. The van der Waals surface area contributed by atoms with E-state index in [-0.39, 0.29) is 74.1 Å². The highest BCUT2D eigenvalue weighted by molar-refractivity contribution is 5.99. The van der Waals surface area contributed by atoms with Crippen LogP contribution >= 0.6 is 0 Å². The van der Waals surface area contributed by atoms with Crippen LogP contribution in [0.3, 0.4) is 0 Å². The molecule has 25 heteroatoms. The van der Waals surface area contributed by atoms with Gasteiger partial charge in [0.1, 0.15) is 60.7 Å². The number of carbonyl (C=O) groups excluding carboxylic acids is 11. The molecule has 2 bridgehead atoms. The second-order valence-electron chi connectivity index (χ2n) is 28.7. The van der Waals surface area contributed by atoms with Crippen LogP contribution in [-0.4, -0.2) is 256 Å². The van der Waals surface area contributed by atoms with E-state index in [0.29, 0.717) is 19.3 Å². The number of aliphatic hydroxyl groups is 2. The van der Waals surface area contributed by atoms with Crippen LogP contribution in [0, 0.1) is 41.4 Å². The second-order valence-corrected chi connectivity index (χ2v) is 28.7. The lowest BCUT2D eigenvalue weighted by Crippen LogP contribution is -2.62. The molecule has 93 heavy (non-hydrogen) atoms. The van der Waals surface area contributed by atoms with Crippen LogP contribution < -0.4 is 16.0 Å². The Bertz CT molecular complexity index is 2680. The number of esters is 1. The Balaban J connectivity index is 2.34. The minimum Gasteiger partial charge on any atom is -0.469 e. The number of hydrogen-bond acceptors (Lipinski definition) is 15. The van der Waals surface area contributed by atoms with E-state index in [2.05, 4.69) is 16.0 Å². The van der Waals surface area contributed by atoms with Crippen LogP contribution in [0.2, 0.25) is 0 Å². The van der Waals surface area contributed by atoms with E-state index >= 15 is 24.0 Å². The molecule has 2 fully saturated rings. The van der Waals surface area contributed by atoms with Gasteiger partial charge in [0.15, 0.2) is 0 Å². The lowest BCUT2D eigenvalue weighted by Gasteiger charge is -2.41. The summed E-state index contributed by atoms with van der Waals surface area (Å²) >= 11 is 0. The van der Waals surface area contributed by atoms with Crippen LogP contribution in [0.4, 0.5) is 0 Å². The van der Waals surface area contributed by atoms with E-state index in [9.17, 15) is 39.0 Å². The first-order valence-electron chi connectivity index (χ1n) is 33.5. The van der Waals surface area contributed by atoms with Gasteiger partial charge < -0.3 is 65.2 Å². The molecule has 0 aromatic carbocycles. The zero-order valence-corrected chi connectivity index (χ0v) is 60.2. The second kappa shape index (κ2) is 35.9. The Morgan fingerprint density at radius 1 is 0.591 bits per heavy atom. The molecule has 0 spiro atoms. The molecule has 1 aliphatic carbocycles. The molecule has 3 rings (SSSR count). The summed E-state index contributed by atoms with van der Waals surface area (Å²) in [4.78, 5) is 171. The van der Waals surface area contributed by atoms with E-state index in [4.69, 9.17) is 4.74 Å². The largest absolute Gasteiger partial charge is 0.469 e. The van der Waals surface area contributed by atoms with Gasteiger partial charge in [0.2, 0.25) is 59.1 Å². The molecular weight excluding hydrogens is 1190 g/mol. The molecule has 0 saturated carbocycles. The summed E-state index contributed by atoms with van der Waals surface area (Å²) in [6.45, 7) is 26.1. The van der Waals surface area contributed by atoms with Crippen molar-refractivity contribution < 1.29 is 67.7 Å². The number of amides is 10. The predicted octanol–water partition coefficient (Wildman–Crippen LogP) is 3.40. The minimum absolute atomic E-state index is 0.00262. The van der Waals surface area contributed by atoms with Gasteiger partial charge in [-0.3, -0.25) is 57.6 Å². The lowest BCUT2D eigenvalue weighted by atomic mass is 9.89. The molecule has 0 aromatic heterocycles. The van der Waals surface area contributed by atoms with Crippen molar-refractivity contribution in [3.8, 4) is 0 Å². The zero-order valence-electron chi connectivity index (χ0n) is 60.2. The Kier molecular flexibility index (Phi) is 31.2. The summed E-state index contributed by atoms with van der Waals surface area (Å²) in [5.41, 5.74) is 0.906. The van der Waals surface area contributed by atoms with Crippen molar-refractivity contribution in [3.05, 3.63) is 23.8 Å². The maximum Gasteiger partial charge on any atom is 0.308 e.